The lowest BCUT2D eigenvalue weighted by Crippen LogP contribution is -2.43. The smallest absolute Gasteiger partial charge is 0.416 e. The molecule has 0 aliphatic rings. The quantitative estimate of drug-likeness (QED) is 0.874. The van der Waals surface area contributed by atoms with Crippen LogP contribution in [0.4, 0.5) is 13.2 Å². The number of amides is 1. The van der Waals surface area contributed by atoms with E-state index in [0.717, 1.165) is 29.2 Å². The van der Waals surface area contributed by atoms with Gasteiger partial charge in [-0.1, -0.05) is 0 Å². The summed E-state index contributed by atoms with van der Waals surface area (Å²) in [6.07, 6.45) is -4.44. The van der Waals surface area contributed by atoms with Crippen molar-refractivity contribution in [3.05, 3.63) is 29.8 Å². The third-order valence-corrected chi connectivity index (χ3v) is 2.79. The second-order valence-electron chi connectivity index (χ2n) is 4.82. The molecule has 1 rings (SSSR count). The molecule has 8 heteroatoms. The maximum atomic E-state index is 12.4. The summed E-state index contributed by atoms with van der Waals surface area (Å²) in [6, 6.07) is 3.56. The Labute approximate surface area is 125 Å². The number of carbonyl (C=O) groups excluding carboxylic acids is 1. The third-order valence-electron chi connectivity index (χ3n) is 2.79. The van der Waals surface area contributed by atoms with E-state index in [-0.39, 0.29) is 11.8 Å². The fraction of sp³-hybridized carbons (Fsp3) is 0.429. The lowest BCUT2D eigenvalue weighted by atomic mass is 10.2. The van der Waals surface area contributed by atoms with Crippen LogP contribution in [-0.2, 0) is 15.8 Å². The van der Waals surface area contributed by atoms with E-state index in [4.69, 9.17) is 9.84 Å². The number of hydrogen-bond acceptors (Lipinski definition) is 3. The number of carboxylic acid groups (broad SMARTS) is 1. The number of halogens is 3. The van der Waals surface area contributed by atoms with Crippen LogP contribution in [0, 0.1) is 0 Å². The van der Waals surface area contributed by atoms with Crippen LogP contribution in [0.15, 0.2) is 24.3 Å². The predicted octanol–water partition coefficient (Wildman–Crippen LogP) is 2.41. The number of carboxylic acids is 1. The van der Waals surface area contributed by atoms with Crippen molar-refractivity contribution in [3.63, 3.8) is 0 Å². The number of ether oxygens (including phenoxy) is 1. The van der Waals surface area contributed by atoms with Gasteiger partial charge in [0.2, 0.25) is 0 Å². The number of carbonyl (C=O) groups is 2. The summed E-state index contributed by atoms with van der Waals surface area (Å²) in [5, 5.41) is 8.73. The fourth-order valence-corrected chi connectivity index (χ4v) is 1.67. The summed E-state index contributed by atoms with van der Waals surface area (Å²) in [5.74, 6) is -1.62. The zero-order valence-electron chi connectivity index (χ0n) is 12.1. The second-order valence-corrected chi connectivity index (χ2v) is 4.82. The molecule has 1 aromatic rings. The summed E-state index contributed by atoms with van der Waals surface area (Å²) >= 11 is 0. The molecule has 0 saturated heterocycles. The first kappa shape index (κ1) is 17.8. The number of alkyl halides is 3. The Morgan fingerprint density at radius 3 is 2.18 bits per heavy atom. The first-order chi connectivity index (χ1) is 10.1. The number of hydrogen-bond donors (Lipinski definition) is 1. The molecule has 122 valence electrons. The topological polar surface area (TPSA) is 66.8 Å². The van der Waals surface area contributed by atoms with Gasteiger partial charge in [-0.05, 0) is 38.1 Å². The van der Waals surface area contributed by atoms with E-state index in [1.54, 1.807) is 13.8 Å². The summed E-state index contributed by atoms with van der Waals surface area (Å²) in [7, 11) is 0. The summed E-state index contributed by atoms with van der Waals surface area (Å²) in [6.45, 7) is 2.39. The van der Waals surface area contributed by atoms with Crippen molar-refractivity contribution in [2.24, 2.45) is 0 Å². The average Bonchev–Trinajstić information content (AvgIpc) is 2.41. The standard InChI is InChI=1S/C14H16F3NO4/c1-9(2)18(7-13(20)21)12(19)8-22-11-5-3-10(4-6-11)14(15,16)17/h3-6,9H,7-8H2,1-2H3,(H,20,21). The van der Waals surface area contributed by atoms with Crippen LogP contribution in [0.25, 0.3) is 0 Å². The highest BCUT2D eigenvalue weighted by Gasteiger charge is 2.30. The van der Waals surface area contributed by atoms with E-state index in [2.05, 4.69) is 0 Å². The van der Waals surface area contributed by atoms with Crippen LogP contribution in [0.2, 0.25) is 0 Å². The Hall–Kier alpha value is -2.25. The zero-order chi connectivity index (χ0) is 16.9. The molecule has 0 aliphatic heterocycles. The number of rotatable bonds is 6. The minimum absolute atomic E-state index is 0.0976. The van der Waals surface area contributed by atoms with Gasteiger partial charge >= 0.3 is 12.1 Å². The molecule has 0 bridgehead atoms. The Kier molecular flexibility index (Phi) is 5.78. The van der Waals surface area contributed by atoms with E-state index in [1.807, 2.05) is 0 Å². The molecule has 0 aliphatic carbocycles. The van der Waals surface area contributed by atoms with Crippen LogP contribution in [0.1, 0.15) is 19.4 Å². The molecular weight excluding hydrogens is 303 g/mol. The van der Waals surface area contributed by atoms with Crippen molar-refractivity contribution < 1.29 is 32.6 Å². The Morgan fingerprint density at radius 2 is 1.77 bits per heavy atom. The lowest BCUT2D eigenvalue weighted by molar-refractivity contribution is -0.146. The minimum Gasteiger partial charge on any atom is -0.484 e. The van der Waals surface area contributed by atoms with E-state index in [1.165, 1.54) is 0 Å². The predicted molar refractivity (Wildman–Crippen MR) is 71.4 cm³/mol. The molecule has 0 unspecified atom stereocenters. The van der Waals surface area contributed by atoms with Crippen LogP contribution in [0.5, 0.6) is 5.75 Å². The van der Waals surface area contributed by atoms with Gasteiger partial charge in [-0.2, -0.15) is 13.2 Å². The van der Waals surface area contributed by atoms with Crippen molar-refractivity contribution in [2.45, 2.75) is 26.1 Å². The van der Waals surface area contributed by atoms with Crippen molar-refractivity contribution in [2.75, 3.05) is 13.2 Å². The Morgan fingerprint density at radius 1 is 1.23 bits per heavy atom. The zero-order valence-corrected chi connectivity index (χ0v) is 12.1. The molecule has 0 aromatic heterocycles. The lowest BCUT2D eigenvalue weighted by Gasteiger charge is -2.24. The molecule has 0 spiro atoms. The molecule has 0 heterocycles. The summed E-state index contributed by atoms with van der Waals surface area (Å²) in [5.41, 5.74) is -0.819. The molecule has 0 radical (unpaired) electrons. The fourth-order valence-electron chi connectivity index (χ4n) is 1.67. The molecule has 22 heavy (non-hydrogen) atoms. The highest BCUT2D eigenvalue weighted by atomic mass is 19.4. The van der Waals surface area contributed by atoms with Gasteiger partial charge in [0.15, 0.2) is 6.61 Å². The first-order valence-electron chi connectivity index (χ1n) is 6.42. The van der Waals surface area contributed by atoms with E-state index in [9.17, 15) is 22.8 Å². The first-order valence-corrected chi connectivity index (χ1v) is 6.42. The monoisotopic (exact) mass is 319 g/mol. The molecule has 1 aromatic carbocycles. The maximum Gasteiger partial charge on any atom is 0.416 e. The van der Waals surface area contributed by atoms with Crippen molar-refractivity contribution in [1.82, 2.24) is 4.90 Å². The van der Waals surface area contributed by atoms with Gasteiger partial charge in [-0.15, -0.1) is 0 Å². The normalized spacial score (nSPS) is 11.4. The highest BCUT2D eigenvalue weighted by Crippen LogP contribution is 2.30. The van der Waals surface area contributed by atoms with E-state index >= 15 is 0 Å². The molecule has 1 N–H and O–H groups in total. The van der Waals surface area contributed by atoms with Gasteiger partial charge in [-0.3, -0.25) is 9.59 Å². The van der Waals surface area contributed by atoms with Gasteiger partial charge < -0.3 is 14.7 Å². The van der Waals surface area contributed by atoms with Gasteiger partial charge in [0.25, 0.3) is 5.91 Å². The summed E-state index contributed by atoms with van der Waals surface area (Å²) < 4.78 is 42.3. The molecule has 5 nitrogen and oxygen atoms in total. The summed E-state index contributed by atoms with van der Waals surface area (Å²) in [4.78, 5) is 23.7. The largest absolute Gasteiger partial charge is 0.484 e. The van der Waals surface area contributed by atoms with Gasteiger partial charge in [0.05, 0.1) is 5.56 Å². The highest BCUT2D eigenvalue weighted by molar-refractivity contribution is 5.82. The Balaban J connectivity index is 2.64. The van der Waals surface area contributed by atoms with Crippen LogP contribution >= 0.6 is 0 Å². The van der Waals surface area contributed by atoms with Gasteiger partial charge in [-0.25, -0.2) is 0 Å². The average molecular weight is 319 g/mol. The second kappa shape index (κ2) is 7.15. The molecule has 0 saturated carbocycles. The van der Waals surface area contributed by atoms with Gasteiger partial charge in [0, 0.05) is 6.04 Å². The molecule has 0 atom stereocenters. The third kappa shape index (κ3) is 5.27. The minimum atomic E-state index is -4.44. The van der Waals surface area contributed by atoms with Gasteiger partial charge in [0.1, 0.15) is 12.3 Å². The van der Waals surface area contributed by atoms with Crippen LogP contribution in [-0.4, -0.2) is 41.1 Å². The maximum absolute atomic E-state index is 12.4. The van der Waals surface area contributed by atoms with Crippen molar-refractivity contribution in [1.29, 1.82) is 0 Å². The van der Waals surface area contributed by atoms with Crippen LogP contribution in [0.3, 0.4) is 0 Å². The molecule has 1 amide bonds. The SMILES string of the molecule is CC(C)N(CC(=O)O)C(=O)COc1ccc(C(F)(F)F)cc1. The number of benzene rings is 1. The van der Waals surface area contributed by atoms with E-state index < -0.39 is 36.8 Å². The molecule has 0 fully saturated rings. The number of nitrogens with zero attached hydrogens (tertiary/aromatic N) is 1. The number of aliphatic carboxylic acids is 1. The van der Waals surface area contributed by atoms with Crippen molar-refractivity contribution in [3.8, 4) is 5.75 Å². The van der Waals surface area contributed by atoms with Crippen molar-refractivity contribution >= 4 is 11.9 Å². The van der Waals surface area contributed by atoms with E-state index in [0.29, 0.717) is 0 Å². The Bertz CT molecular complexity index is 526. The van der Waals surface area contributed by atoms with Crippen LogP contribution < -0.4 is 4.74 Å². The molecular formula is C14H16F3NO4.